The third-order valence-corrected chi connectivity index (χ3v) is 6.00. The molecule has 0 saturated heterocycles. The van der Waals surface area contributed by atoms with Crippen LogP contribution in [0.25, 0.3) is 0 Å². The van der Waals surface area contributed by atoms with Gasteiger partial charge in [0.15, 0.2) is 11.5 Å². The highest BCUT2D eigenvalue weighted by Gasteiger charge is 2.39. The number of methoxy groups -OCH3 is 1. The summed E-state index contributed by atoms with van der Waals surface area (Å²) in [5.41, 5.74) is 1.04. The zero-order valence-electron chi connectivity index (χ0n) is 16.7. The summed E-state index contributed by atoms with van der Waals surface area (Å²) in [6.07, 6.45) is 6.12. The molecule has 2 atom stereocenters. The van der Waals surface area contributed by atoms with Gasteiger partial charge in [0.25, 0.3) is 0 Å². The molecule has 0 bridgehead atoms. The Labute approximate surface area is 167 Å². The maximum atomic E-state index is 11.8. The van der Waals surface area contributed by atoms with Crippen LogP contribution in [-0.4, -0.2) is 46.3 Å². The molecule has 28 heavy (non-hydrogen) atoms. The van der Waals surface area contributed by atoms with Gasteiger partial charge in [-0.2, -0.15) is 0 Å². The largest absolute Gasteiger partial charge is 0.490 e. The van der Waals surface area contributed by atoms with Gasteiger partial charge in [-0.3, -0.25) is 0 Å². The van der Waals surface area contributed by atoms with Crippen molar-refractivity contribution in [2.75, 3.05) is 26.9 Å². The second-order valence-corrected chi connectivity index (χ2v) is 8.45. The number of benzene rings is 1. The highest BCUT2D eigenvalue weighted by Crippen LogP contribution is 2.29. The van der Waals surface area contributed by atoms with Gasteiger partial charge in [0.05, 0.1) is 6.61 Å². The lowest BCUT2D eigenvalue weighted by molar-refractivity contribution is 0.102. The average Bonchev–Trinajstić information content (AvgIpc) is 2.66. The first kappa shape index (κ1) is 22.4. The van der Waals surface area contributed by atoms with Crippen LogP contribution in [0.4, 0.5) is 0 Å². The lowest BCUT2D eigenvalue weighted by atomic mass is 9.99. The average molecular weight is 411 g/mol. The van der Waals surface area contributed by atoms with Crippen molar-refractivity contribution >= 4 is 10.0 Å². The van der Waals surface area contributed by atoms with Crippen LogP contribution in [0.3, 0.4) is 0 Å². The number of nitrogens with two attached hydrogens (primary N) is 1. The van der Waals surface area contributed by atoms with E-state index in [2.05, 4.69) is 12.2 Å². The molecule has 0 spiro atoms. The molecular formula is C20H30N2O5S. The molecule has 1 aromatic carbocycles. The SMILES string of the molecule is CCOc1ccccc1OCCNC(C)CC1=CC[C@@](OC)(S(N)(=O)=O)C=C1. The van der Waals surface area contributed by atoms with Crippen LogP contribution in [0, 0.1) is 0 Å². The van der Waals surface area contributed by atoms with Gasteiger partial charge in [0.2, 0.25) is 15.0 Å². The van der Waals surface area contributed by atoms with E-state index < -0.39 is 15.0 Å². The lowest BCUT2D eigenvalue weighted by Crippen LogP contribution is -2.44. The molecule has 0 aromatic heterocycles. The number of primary sulfonamides is 1. The maximum absolute atomic E-state index is 11.8. The Morgan fingerprint density at radius 3 is 2.46 bits per heavy atom. The number of hydrogen-bond acceptors (Lipinski definition) is 6. The molecule has 0 fully saturated rings. The minimum Gasteiger partial charge on any atom is -0.490 e. The van der Waals surface area contributed by atoms with Gasteiger partial charge < -0.3 is 19.5 Å². The summed E-state index contributed by atoms with van der Waals surface area (Å²) in [6.45, 7) is 5.79. The number of nitrogens with one attached hydrogen (secondary N) is 1. The molecular weight excluding hydrogens is 380 g/mol. The third-order valence-electron chi connectivity index (χ3n) is 4.57. The second-order valence-electron chi connectivity index (χ2n) is 6.66. The van der Waals surface area contributed by atoms with Crippen molar-refractivity contribution in [1.29, 1.82) is 0 Å². The van der Waals surface area contributed by atoms with E-state index in [-0.39, 0.29) is 12.5 Å². The second kappa shape index (κ2) is 10.1. The van der Waals surface area contributed by atoms with Crippen LogP contribution >= 0.6 is 0 Å². The van der Waals surface area contributed by atoms with E-state index in [1.54, 1.807) is 6.08 Å². The zero-order chi connectivity index (χ0) is 20.6. The lowest BCUT2D eigenvalue weighted by Gasteiger charge is -2.28. The molecule has 3 N–H and O–H groups in total. The quantitative estimate of drug-likeness (QED) is 0.543. The van der Waals surface area contributed by atoms with Gasteiger partial charge >= 0.3 is 0 Å². The van der Waals surface area contributed by atoms with Crippen LogP contribution in [0.1, 0.15) is 26.7 Å². The summed E-state index contributed by atoms with van der Waals surface area (Å²) in [5, 5.41) is 8.69. The monoisotopic (exact) mass is 410 g/mol. The van der Waals surface area contributed by atoms with Crippen molar-refractivity contribution in [2.45, 2.75) is 37.7 Å². The fraction of sp³-hybridized carbons (Fsp3) is 0.500. The van der Waals surface area contributed by atoms with Crippen LogP contribution in [-0.2, 0) is 14.8 Å². The van der Waals surface area contributed by atoms with Gasteiger partial charge in [0.1, 0.15) is 6.61 Å². The van der Waals surface area contributed by atoms with Crippen LogP contribution < -0.4 is 19.9 Å². The van der Waals surface area contributed by atoms with Gasteiger partial charge in [-0.05, 0) is 38.5 Å². The molecule has 0 amide bonds. The Balaban J connectivity index is 1.78. The minimum absolute atomic E-state index is 0.200. The van der Waals surface area contributed by atoms with Crippen molar-refractivity contribution in [3.63, 3.8) is 0 Å². The first-order valence-electron chi connectivity index (χ1n) is 9.35. The normalized spacial score (nSPS) is 20.5. The molecule has 1 unspecified atom stereocenters. The van der Waals surface area contributed by atoms with Crippen molar-refractivity contribution in [1.82, 2.24) is 5.32 Å². The molecule has 156 valence electrons. The summed E-state index contributed by atoms with van der Waals surface area (Å²) < 4.78 is 40.0. The Morgan fingerprint density at radius 1 is 1.25 bits per heavy atom. The molecule has 2 rings (SSSR count). The highest BCUT2D eigenvalue weighted by molar-refractivity contribution is 7.90. The fourth-order valence-corrected chi connectivity index (χ4v) is 3.82. The number of allylic oxidation sites excluding steroid dienone is 1. The molecule has 1 aliphatic carbocycles. The summed E-state index contributed by atoms with van der Waals surface area (Å²) in [5.74, 6) is 1.47. The molecule has 0 saturated carbocycles. The number of hydrogen-bond donors (Lipinski definition) is 2. The van der Waals surface area contributed by atoms with E-state index in [0.717, 1.165) is 23.5 Å². The van der Waals surface area contributed by atoms with Crippen LogP contribution in [0.5, 0.6) is 11.5 Å². The molecule has 0 aliphatic heterocycles. The summed E-state index contributed by atoms with van der Waals surface area (Å²) >= 11 is 0. The van der Waals surface area contributed by atoms with Crippen LogP contribution in [0.15, 0.2) is 48.1 Å². The number of para-hydroxylation sites is 2. The van der Waals surface area contributed by atoms with E-state index in [1.807, 2.05) is 37.3 Å². The maximum Gasteiger partial charge on any atom is 0.243 e. The Kier molecular flexibility index (Phi) is 8.06. The molecule has 7 nitrogen and oxygen atoms in total. The topological polar surface area (TPSA) is 99.9 Å². The van der Waals surface area contributed by atoms with Gasteiger partial charge in [-0.1, -0.05) is 29.9 Å². The van der Waals surface area contributed by atoms with Crippen molar-refractivity contribution < 1.29 is 22.6 Å². The predicted octanol–water partition coefficient (Wildman–Crippen LogP) is 2.35. The standard InChI is InChI=1S/C20H30N2O5S/c1-4-26-18-7-5-6-8-19(18)27-14-13-22-16(2)15-17-9-11-20(25-3,12-10-17)28(21,23)24/h5-11,16,22H,4,12-15H2,1-3H3,(H2,21,23,24)/t16?,20-/m0/s1. The molecule has 8 heteroatoms. The van der Waals surface area contributed by atoms with Gasteiger partial charge in [-0.15, -0.1) is 0 Å². The smallest absolute Gasteiger partial charge is 0.243 e. The molecule has 0 radical (unpaired) electrons. The van der Waals surface area contributed by atoms with E-state index >= 15 is 0 Å². The predicted molar refractivity (Wildman–Crippen MR) is 110 cm³/mol. The molecule has 1 aromatic rings. The van der Waals surface area contributed by atoms with Crippen molar-refractivity contribution in [3.8, 4) is 11.5 Å². The number of sulfonamides is 1. The van der Waals surface area contributed by atoms with Crippen molar-refractivity contribution in [2.24, 2.45) is 5.14 Å². The van der Waals surface area contributed by atoms with Gasteiger partial charge in [0, 0.05) is 26.1 Å². The zero-order valence-corrected chi connectivity index (χ0v) is 17.5. The number of rotatable bonds is 11. The molecule has 0 heterocycles. The minimum atomic E-state index is -3.84. The Morgan fingerprint density at radius 2 is 1.93 bits per heavy atom. The first-order chi connectivity index (χ1) is 13.3. The Bertz CT molecular complexity index is 807. The van der Waals surface area contributed by atoms with E-state index in [0.29, 0.717) is 19.8 Å². The molecule has 1 aliphatic rings. The third kappa shape index (κ3) is 5.81. The highest BCUT2D eigenvalue weighted by atomic mass is 32.2. The van der Waals surface area contributed by atoms with E-state index in [1.165, 1.54) is 13.2 Å². The van der Waals surface area contributed by atoms with Crippen molar-refractivity contribution in [3.05, 3.63) is 48.1 Å². The summed E-state index contributed by atoms with van der Waals surface area (Å²) in [6, 6.07) is 7.80. The summed E-state index contributed by atoms with van der Waals surface area (Å²) in [7, 11) is -2.49. The fourth-order valence-electron chi connectivity index (χ4n) is 3.01. The Hall–Kier alpha value is -1.87. The van der Waals surface area contributed by atoms with Gasteiger partial charge in [-0.25, -0.2) is 13.6 Å². The number of ether oxygens (including phenoxy) is 3. The van der Waals surface area contributed by atoms with E-state index in [4.69, 9.17) is 19.3 Å². The van der Waals surface area contributed by atoms with Crippen LogP contribution in [0.2, 0.25) is 0 Å². The van der Waals surface area contributed by atoms with E-state index in [9.17, 15) is 8.42 Å². The summed E-state index contributed by atoms with van der Waals surface area (Å²) in [4.78, 5) is -1.46. The first-order valence-corrected chi connectivity index (χ1v) is 10.9.